The second-order valence-electron chi connectivity index (χ2n) is 5.33. The lowest BCUT2D eigenvalue weighted by Gasteiger charge is -2.32. The van der Waals surface area contributed by atoms with Crippen LogP contribution < -0.4 is 5.73 Å². The molecule has 0 saturated carbocycles. The van der Waals surface area contributed by atoms with Crippen LogP contribution in [-0.2, 0) is 10.3 Å². The first-order valence-corrected chi connectivity index (χ1v) is 6.93. The van der Waals surface area contributed by atoms with Gasteiger partial charge in [0.15, 0.2) is 5.54 Å². The third kappa shape index (κ3) is 3.33. The SMILES string of the molecule is NC(CN1CCCCCC1)(C(=O)O)c1ccccc1. The number of nitrogens with zero attached hydrogens (tertiary/aromatic N) is 1. The largest absolute Gasteiger partial charge is 0.480 e. The van der Waals surface area contributed by atoms with Crippen LogP contribution in [0.25, 0.3) is 0 Å². The molecule has 0 spiro atoms. The number of carboxylic acid groups (broad SMARTS) is 1. The molecule has 4 heteroatoms. The maximum Gasteiger partial charge on any atom is 0.329 e. The van der Waals surface area contributed by atoms with Gasteiger partial charge in [-0.15, -0.1) is 0 Å². The Morgan fingerprint density at radius 3 is 2.26 bits per heavy atom. The molecule has 3 N–H and O–H groups in total. The molecule has 1 fully saturated rings. The van der Waals surface area contributed by atoms with Gasteiger partial charge in [0.25, 0.3) is 0 Å². The highest BCUT2D eigenvalue weighted by Crippen LogP contribution is 2.22. The number of carboxylic acids is 1. The monoisotopic (exact) mass is 262 g/mol. The fourth-order valence-corrected chi connectivity index (χ4v) is 2.66. The van der Waals surface area contributed by atoms with E-state index in [-0.39, 0.29) is 0 Å². The molecule has 2 rings (SSSR count). The van der Waals surface area contributed by atoms with Crippen molar-refractivity contribution < 1.29 is 9.90 Å². The molecular formula is C15H22N2O2. The van der Waals surface area contributed by atoms with Crippen LogP contribution in [-0.4, -0.2) is 35.6 Å². The Balaban J connectivity index is 2.17. The first kappa shape index (κ1) is 14.0. The van der Waals surface area contributed by atoms with Crippen molar-refractivity contribution in [3.05, 3.63) is 35.9 Å². The molecule has 1 aliphatic heterocycles. The molecule has 19 heavy (non-hydrogen) atoms. The van der Waals surface area contributed by atoms with Gasteiger partial charge < -0.3 is 15.7 Å². The van der Waals surface area contributed by atoms with Crippen LogP contribution in [0.2, 0.25) is 0 Å². The summed E-state index contributed by atoms with van der Waals surface area (Å²) in [6, 6.07) is 9.14. The van der Waals surface area contributed by atoms with Gasteiger partial charge in [-0.2, -0.15) is 0 Å². The molecule has 1 aromatic carbocycles. The molecule has 1 aromatic rings. The van der Waals surface area contributed by atoms with Crippen molar-refractivity contribution in [2.24, 2.45) is 5.73 Å². The van der Waals surface area contributed by atoms with E-state index in [1.165, 1.54) is 12.8 Å². The number of hydrogen-bond acceptors (Lipinski definition) is 3. The van der Waals surface area contributed by atoms with Crippen LogP contribution in [0.1, 0.15) is 31.2 Å². The molecule has 1 unspecified atom stereocenters. The number of benzene rings is 1. The summed E-state index contributed by atoms with van der Waals surface area (Å²) < 4.78 is 0. The van der Waals surface area contributed by atoms with E-state index >= 15 is 0 Å². The van der Waals surface area contributed by atoms with E-state index in [9.17, 15) is 9.90 Å². The van der Waals surface area contributed by atoms with Crippen LogP contribution in [0.4, 0.5) is 0 Å². The van der Waals surface area contributed by atoms with Gasteiger partial charge in [0, 0.05) is 6.54 Å². The molecule has 4 nitrogen and oxygen atoms in total. The Labute approximate surface area is 114 Å². The van der Waals surface area contributed by atoms with Crippen LogP contribution in [0.15, 0.2) is 30.3 Å². The molecule has 1 heterocycles. The first-order chi connectivity index (χ1) is 9.13. The van der Waals surface area contributed by atoms with Gasteiger partial charge in [0.05, 0.1) is 0 Å². The zero-order chi connectivity index (χ0) is 13.7. The van der Waals surface area contributed by atoms with E-state index < -0.39 is 11.5 Å². The van der Waals surface area contributed by atoms with Crippen molar-refractivity contribution in [3.8, 4) is 0 Å². The number of rotatable bonds is 4. The standard InChI is InChI=1S/C15H22N2O2/c16-15(14(18)19,13-8-4-3-5-9-13)12-17-10-6-1-2-7-11-17/h3-5,8-9H,1-2,6-7,10-12,16H2,(H,18,19). The molecule has 104 valence electrons. The van der Waals surface area contributed by atoms with Crippen LogP contribution in [0, 0.1) is 0 Å². The summed E-state index contributed by atoms with van der Waals surface area (Å²) in [4.78, 5) is 13.8. The third-order valence-corrected chi connectivity index (χ3v) is 3.84. The summed E-state index contributed by atoms with van der Waals surface area (Å²) in [6.45, 7) is 2.27. The summed E-state index contributed by atoms with van der Waals surface area (Å²) in [6.07, 6.45) is 4.72. The zero-order valence-electron chi connectivity index (χ0n) is 11.2. The van der Waals surface area contributed by atoms with Crippen molar-refractivity contribution in [3.63, 3.8) is 0 Å². The molecule has 0 aromatic heterocycles. The molecular weight excluding hydrogens is 240 g/mol. The number of carbonyl (C=O) groups is 1. The maximum atomic E-state index is 11.6. The van der Waals surface area contributed by atoms with E-state index in [1.54, 1.807) is 12.1 Å². The Kier molecular flexibility index (Phi) is 4.56. The van der Waals surface area contributed by atoms with Gasteiger partial charge in [-0.3, -0.25) is 0 Å². The van der Waals surface area contributed by atoms with E-state index in [4.69, 9.17) is 5.73 Å². The Bertz CT molecular complexity index is 413. The molecule has 0 aliphatic carbocycles. The van der Waals surface area contributed by atoms with Gasteiger partial charge in [0.1, 0.15) is 0 Å². The summed E-state index contributed by atoms with van der Waals surface area (Å²) in [7, 11) is 0. The first-order valence-electron chi connectivity index (χ1n) is 6.93. The summed E-state index contributed by atoms with van der Waals surface area (Å²) >= 11 is 0. The minimum atomic E-state index is -1.31. The minimum Gasteiger partial charge on any atom is -0.480 e. The van der Waals surface area contributed by atoms with E-state index in [2.05, 4.69) is 4.90 Å². The molecule has 0 radical (unpaired) electrons. The Hall–Kier alpha value is -1.39. The van der Waals surface area contributed by atoms with Gasteiger partial charge in [-0.1, -0.05) is 43.2 Å². The van der Waals surface area contributed by atoms with Crippen molar-refractivity contribution >= 4 is 5.97 Å². The summed E-state index contributed by atoms with van der Waals surface area (Å²) in [5.41, 5.74) is 5.56. The van der Waals surface area contributed by atoms with Crippen LogP contribution >= 0.6 is 0 Å². The fourth-order valence-electron chi connectivity index (χ4n) is 2.66. The predicted molar refractivity (Wildman–Crippen MR) is 74.9 cm³/mol. The third-order valence-electron chi connectivity index (χ3n) is 3.84. The Morgan fingerprint density at radius 1 is 1.16 bits per heavy atom. The normalized spacial score (nSPS) is 20.5. The van der Waals surface area contributed by atoms with Gasteiger partial charge >= 0.3 is 5.97 Å². The predicted octanol–water partition coefficient (Wildman–Crippen LogP) is 1.80. The summed E-state index contributed by atoms with van der Waals surface area (Å²) in [5.74, 6) is -0.956. The second-order valence-corrected chi connectivity index (χ2v) is 5.33. The number of likely N-dealkylation sites (tertiary alicyclic amines) is 1. The second kappa shape index (κ2) is 6.17. The maximum absolute atomic E-state index is 11.6. The van der Waals surface area contributed by atoms with E-state index in [0.717, 1.165) is 25.9 Å². The van der Waals surface area contributed by atoms with Crippen LogP contribution in [0.5, 0.6) is 0 Å². The quantitative estimate of drug-likeness (QED) is 0.868. The molecule has 1 saturated heterocycles. The average molecular weight is 262 g/mol. The Morgan fingerprint density at radius 2 is 1.74 bits per heavy atom. The number of aliphatic carboxylic acids is 1. The smallest absolute Gasteiger partial charge is 0.329 e. The van der Waals surface area contributed by atoms with Crippen molar-refractivity contribution in [2.45, 2.75) is 31.2 Å². The lowest BCUT2D eigenvalue weighted by Crippen LogP contribution is -2.53. The molecule has 0 amide bonds. The fraction of sp³-hybridized carbons (Fsp3) is 0.533. The van der Waals surface area contributed by atoms with Crippen molar-refractivity contribution in [2.75, 3.05) is 19.6 Å². The highest BCUT2D eigenvalue weighted by Gasteiger charge is 2.37. The molecule has 1 atom stereocenters. The molecule has 1 aliphatic rings. The van der Waals surface area contributed by atoms with Gasteiger partial charge in [0.2, 0.25) is 0 Å². The van der Waals surface area contributed by atoms with Gasteiger partial charge in [-0.25, -0.2) is 4.79 Å². The number of nitrogens with two attached hydrogens (primary N) is 1. The average Bonchev–Trinajstić information content (AvgIpc) is 2.68. The van der Waals surface area contributed by atoms with E-state index in [1.807, 2.05) is 18.2 Å². The zero-order valence-corrected chi connectivity index (χ0v) is 11.2. The van der Waals surface area contributed by atoms with Crippen LogP contribution in [0.3, 0.4) is 0 Å². The topological polar surface area (TPSA) is 66.6 Å². The summed E-state index contributed by atoms with van der Waals surface area (Å²) in [5, 5.41) is 9.54. The molecule has 0 bridgehead atoms. The highest BCUT2D eigenvalue weighted by molar-refractivity contribution is 5.80. The number of hydrogen-bond donors (Lipinski definition) is 2. The van der Waals surface area contributed by atoms with Gasteiger partial charge in [-0.05, 0) is 31.5 Å². The lowest BCUT2D eigenvalue weighted by atomic mass is 9.90. The van der Waals surface area contributed by atoms with Crippen molar-refractivity contribution in [1.82, 2.24) is 4.90 Å². The lowest BCUT2D eigenvalue weighted by molar-refractivity contribution is -0.144. The van der Waals surface area contributed by atoms with E-state index in [0.29, 0.717) is 12.1 Å². The van der Waals surface area contributed by atoms with Crippen molar-refractivity contribution in [1.29, 1.82) is 0 Å². The minimum absolute atomic E-state index is 0.381. The highest BCUT2D eigenvalue weighted by atomic mass is 16.4.